The van der Waals surface area contributed by atoms with Gasteiger partial charge in [-0.1, -0.05) is 0 Å². The van der Waals surface area contributed by atoms with Gasteiger partial charge in [-0.15, -0.1) is 0 Å². The van der Waals surface area contributed by atoms with Crippen molar-refractivity contribution < 1.29 is 13.2 Å². The average Bonchev–Trinajstić information content (AvgIpc) is 2.26. The Balaban J connectivity index is 3.03. The number of rotatable bonds is 3. The van der Waals surface area contributed by atoms with E-state index >= 15 is 0 Å². The third-order valence-corrected chi connectivity index (χ3v) is 2.32. The molecule has 1 heterocycles. The minimum atomic E-state index is -4.46. The molecule has 98 valence electrons. The summed E-state index contributed by atoms with van der Waals surface area (Å²) in [5.74, 6) is -0.409. The monoisotopic (exact) mass is 258 g/mol. The average molecular weight is 258 g/mol. The highest BCUT2D eigenvalue weighted by molar-refractivity contribution is 5.49. The lowest BCUT2D eigenvalue weighted by Crippen LogP contribution is -2.25. The van der Waals surface area contributed by atoms with E-state index in [1.807, 2.05) is 6.07 Å². The van der Waals surface area contributed by atoms with E-state index in [1.54, 1.807) is 14.0 Å². The van der Waals surface area contributed by atoms with Crippen molar-refractivity contribution >= 4 is 11.6 Å². The topological polar surface area (TPSA) is 65.9 Å². The molecule has 0 bridgehead atoms. The number of nitrogen functional groups attached to an aromatic ring is 1. The van der Waals surface area contributed by atoms with Gasteiger partial charge in [-0.3, -0.25) is 0 Å². The third-order valence-electron chi connectivity index (χ3n) is 2.32. The Morgan fingerprint density at radius 2 is 2.11 bits per heavy atom. The van der Waals surface area contributed by atoms with Crippen molar-refractivity contribution in [3.05, 3.63) is 17.7 Å². The number of aromatic nitrogens is 1. The largest absolute Gasteiger partial charge is 0.416 e. The molecular formula is C11H13F3N4. The highest BCUT2D eigenvalue weighted by atomic mass is 19.4. The van der Waals surface area contributed by atoms with Gasteiger partial charge in [-0.2, -0.15) is 18.4 Å². The predicted octanol–water partition coefficient (Wildman–Crippen LogP) is 2.28. The molecule has 0 aromatic carbocycles. The normalized spacial score (nSPS) is 12.9. The predicted molar refractivity (Wildman–Crippen MR) is 61.7 cm³/mol. The number of hydrogen-bond acceptors (Lipinski definition) is 4. The summed E-state index contributed by atoms with van der Waals surface area (Å²) in [4.78, 5) is 5.30. The first-order chi connectivity index (χ1) is 8.24. The van der Waals surface area contributed by atoms with Gasteiger partial charge in [0, 0.05) is 13.6 Å². The maximum atomic E-state index is 12.6. The maximum Gasteiger partial charge on any atom is 0.416 e. The lowest BCUT2D eigenvalue weighted by Gasteiger charge is -2.20. The second-order valence-electron chi connectivity index (χ2n) is 4.05. The van der Waals surface area contributed by atoms with Gasteiger partial charge in [0.2, 0.25) is 0 Å². The summed E-state index contributed by atoms with van der Waals surface area (Å²) in [5, 5.41) is 8.67. The molecule has 2 N–H and O–H groups in total. The number of halogens is 3. The van der Waals surface area contributed by atoms with Crippen molar-refractivity contribution in [3.8, 4) is 6.07 Å². The Bertz CT molecular complexity index is 464. The van der Waals surface area contributed by atoms with Crippen LogP contribution >= 0.6 is 0 Å². The molecule has 0 aliphatic heterocycles. The van der Waals surface area contributed by atoms with Gasteiger partial charge in [0.1, 0.15) is 11.6 Å². The third kappa shape index (κ3) is 3.52. The Morgan fingerprint density at radius 1 is 1.50 bits per heavy atom. The van der Waals surface area contributed by atoms with Crippen LogP contribution in [0.2, 0.25) is 0 Å². The number of anilines is 2. The molecule has 0 fully saturated rings. The lowest BCUT2D eigenvalue weighted by atomic mass is 10.2. The number of hydrogen-bond donors (Lipinski definition) is 1. The molecule has 0 amide bonds. The first-order valence-corrected chi connectivity index (χ1v) is 5.19. The van der Waals surface area contributed by atoms with E-state index in [1.165, 1.54) is 4.90 Å². The van der Waals surface area contributed by atoms with Gasteiger partial charge in [0.15, 0.2) is 0 Å². The molecule has 1 rings (SSSR count). The van der Waals surface area contributed by atoms with Gasteiger partial charge >= 0.3 is 6.18 Å². The summed E-state index contributed by atoms with van der Waals surface area (Å²) < 4.78 is 37.8. The smallest absolute Gasteiger partial charge is 0.384 e. The van der Waals surface area contributed by atoms with E-state index in [0.717, 1.165) is 12.1 Å². The van der Waals surface area contributed by atoms with E-state index in [-0.39, 0.29) is 24.1 Å². The van der Waals surface area contributed by atoms with Crippen LogP contribution in [0.15, 0.2) is 12.1 Å². The maximum absolute atomic E-state index is 12.6. The summed E-state index contributed by atoms with van der Waals surface area (Å²) in [6.45, 7) is 1.96. The van der Waals surface area contributed by atoms with E-state index in [2.05, 4.69) is 4.98 Å². The van der Waals surface area contributed by atoms with Crippen LogP contribution in [0.5, 0.6) is 0 Å². The van der Waals surface area contributed by atoms with E-state index in [4.69, 9.17) is 11.0 Å². The van der Waals surface area contributed by atoms with Crippen molar-refractivity contribution in [2.75, 3.05) is 24.2 Å². The van der Waals surface area contributed by atoms with Crippen LogP contribution in [0.4, 0.5) is 24.8 Å². The Hall–Kier alpha value is -1.97. The first kappa shape index (κ1) is 14.1. The summed E-state index contributed by atoms with van der Waals surface area (Å²) in [6.07, 6.45) is -4.46. The molecule has 1 aromatic heterocycles. The summed E-state index contributed by atoms with van der Waals surface area (Å²) in [6, 6.07) is 3.70. The Kier molecular flexibility index (Phi) is 4.01. The molecule has 1 aromatic rings. The van der Waals surface area contributed by atoms with E-state index in [9.17, 15) is 13.2 Å². The molecule has 0 spiro atoms. The first-order valence-electron chi connectivity index (χ1n) is 5.19. The molecule has 7 heteroatoms. The zero-order valence-corrected chi connectivity index (χ0v) is 9.99. The van der Waals surface area contributed by atoms with Gasteiger partial charge in [0.05, 0.1) is 17.6 Å². The molecule has 0 saturated carbocycles. The van der Waals surface area contributed by atoms with Crippen LogP contribution in [0.1, 0.15) is 12.5 Å². The number of nitrogens with zero attached hydrogens (tertiary/aromatic N) is 3. The lowest BCUT2D eigenvalue weighted by molar-refractivity contribution is -0.137. The molecule has 0 aliphatic carbocycles. The fourth-order valence-corrected chi connectivity index (χ4v) is 1.44. The van der Waals surface area contributed by atoms with Gasteiger partial charge < -0.3 is 10.6 Å². The highest BCUT2D eigenvalue weighted by Crippen LogP contribution is 2.32. The van der Waals surface area contributed by atoms with Crippen molar-refractivity contribution in [1.82, 2.24) is 4.98 Å². The summed E-state index contributed by atoms with van der Waals surface area (Å²) in [5.41, 5.74) is 4.51. The fourth-order valence-electron chi connectivity index (χ4n) is 1.44. The van der Waals surface area contributed by atoms with Gasteiger partial charge in [-0.05, 0) is 19.1 Å². The van der Waals surface area contributed by atoms with Crippen molar-refractivity contribution in [1.29, 1.82) is 5.26 Å². The standard InChI is InChI=1S/C11H13F3N4/c1-7(5-15)6-18(2)10-4-8(11(12,13)14)3-9(16)17-10/h3-4,7H,6H2,1-2H3,(H2,16,17). The second-order valence-corrected chi connectivity index (χ2v) is 4.05. The molecular weight excluding hydrogens is 245 g/mol. The number of alkyl halides is 3. The van der Waals surface area contributed by atoms with E-state index < -0.39 is 11.7 Å². The number of nitrogens with two attached hydrogens (primary N) is 1. The highest BCUT2D eigenvalue weighted by Gasteiger charge is 2.31. The fraction of sp³-hybridized carbons (Fsp3) is 0.455. The quantitative estimate of drug-likeness (QED) is 0.903. The molecule has 1 unspecified atom stereocenters. The minimum Gasteiger partial charge on any atom is -0.384 e. The molecule has 0 aliphatic rings. The van der Waals surface area contributed by atoms with Crippen LogP contribution in [0.3, 0.4) is 0 Å². The van der Waals surface area contributed by atoms with Crippen LogP contribution < -0.4 is 10.6 Å². The van der Waals surface area contributed by atoms with E-state index in [0.29, 0.717) is 0 Å². The Labute approximate surface area is 103 Å². The molecule has 0 saturated heterocycles. The van der Waals surface area contributed by atoms with Crippen molar-refractivity contribution in [2.24, 2.45) is 5.92 Å². The Morgan fingerprint density at radius 3 is 2.61 bits per heavy atom. The van der Waals surface area contributed by atoms with Crippen LogP contribution in [-0.2, 0) is 6.18 Å². The minimum absolute atomic E-state index is 0.101. The zero-order chi connectivity index (χ0) is 13.9. The summed E-state index contributed by atoms with van der Waals surface area (Å²) in [7, 11) is 1.57. The zero-order valence-electron chi connectivity index (χ0n) is 9.99. The van der Waals surface area contributed by atoms with Crippen molar-refractivity contribution in [3.63, 3.8) is 0 Å². The van der Waals surface area contributed by atoms with Crippen LogP contribution in [0, 0.1) is 17.2 Å². The van der Waals surface area contributed by atoms with Crippen molar-refractivity contribution in [2.45, 2.75) is 13.1 Å². The summed E-state index contributed by atoms with van der Waals surface area (Å²) >= 11 is 0. The molecule has 1 atom stereocenters. The van der Waals surface area contributed by atoms with Crippen LogP contribution in [-0.4, -0.2) is 18.6 Å². The van der Waals surface area contributed by atoms with Crippen LogP contribution in [0.25, 0.3) is 0 Å². The molecule has 4 nitrogen and oxygen atoms in total. The second kappa shape index (κ2) is 5.12. The van der Waals surface area contributed by atoms with Gasteiger partial charge in [0.25, 0.3) is 0 Å². The SMILES string of the molecule is CC(C#N)CN(C)c1cc(C(F)(F)F)cc(N)n1. The van der Waals surface area contributed by atoms with Gasteiger partial charge in [-0.25, -0.2) is 4.98 Å². The number of pyridine rings is 1. The molecule has 18 heavy (non-hydrogen) atoms. The molecule has 0 radical (unpaired) electrons. The number of nitriles is 1.